The van der Waals surface area contributed by atoms with E-state index >= 15 is 0 Å². The van der Waals surface area contributed by atoms with Crippen LogP contribution in [0.5, 0.6) is 5.75 Å². The van der Waals surface area contributed by atoms with Crippen LogP contribution in [0.4, 0.5) is 10.5 Å². The number of hydrogen-bond acceptors (Lipinski definition) is 5. The molecule has 31 heavy (non-hydrogen) atoms. The second-order valence-electron chi connectivity index (χ2n) is 6.80. The summed E-state index contributed by atoms with van der Waals surface area (Å²) in [7, 11) is 0. The number of anilines is 1. The molecule has 166 valence electrons. The largest absolute Gasteiger partial charge is 0.506 e. The molecule has 0 heterocycles. The van der Waals surface area contributed by atoms with Gasteiger partial charge in [-0.15, -0.1) is 11.8 Å². The Hall–Kier alpha value is -1.97. The van der Waals surface area contributed by atoms with E-state index in [-0.39, 0.29) is 11.7 Å². The molecule has 2 aromatic rings. The standard InChI is InChI=1S/C22H23Br2NO5S/c1-13(5-3-4-6-19(26)27)21(17-11-14(23)12-18(24)20(17)28)30-22(29)25-15-7-9-16(31-2)10-8-15/h4,6-13,21,28H,3,5H2,1-2H3,(H,25,29)(H,26,27)/b6-4+/t13-,21-/m1/s1. The highest BCUT2D eigenvalue weighted by Crippen LogP contribution is 2.40. The molecule has 6 nitrogen and oxygen atoms in total. The number of amides is 1. The van der Waals surface area contributed by atoms with Crippen LogP contribution in [-0.4, -0.2) is 28.5 Å². The van der Waals surface area contributed by atoms with Gasteiger partial charge in [0.05, 0.1) is 4.47 Å². The van der Waals surface area contributed by atoms with Crippen molar-refractivity contribution in [3.8, 4) is 5.75 Å². The number of carboxylic acid groups (broad SMARTS) is 1. The number of aromatic hydroxyl groups is 1. The Morgan fingerprint density at radius 2 is 1.90 bits per heavy atom. The summed E-state index contributed by atoms with van der Waals surface area (Å²) < 4.78 is 6.91. The molecule has 3 N–H and O–H groups in total. The zero-order valence-corrected chi connectivity index (χ0v) is 21.0. The first-order valence-electron chi connectivity index (χ1n) is 9.40. The number of carbonyl (C=O) groups is 2. The van der Waals surface area contributed by atoms with Crippen molar-refractivity contribution in [2.24, 2.45) is 5.92 Å². The van der Waals surface area contributed by atoms with Crippen LogP contribution in [0.25, 0.3) is 0 Å². The van der Waals surface area contributed by atoms with Gasteiger partial charge in [0.25, 0.3) is 0 Å². The van der Waals surface area contributed by atoms with Gasteiger partial charge >= 0.3 is 12.1 Å². The molecule has 0 saturated heterocycles. The van der Waals surface area contributed by atoms with Crippen LogP contribution in [0.3, 0.4) is 0 Å². The number of phenolic OH excluding ortho intramolecular Hbond substituents is 1. The van der Waals surface area contributed by atoms with Gasteiger partial charge in [-0.25, -0.2) is 9.59 Å². The number of thioether (sulfide) groups is 1. The predicted molar refractivity (Wildman–Crippen MR) is 130 cm³/mol. The monoisotopic (exact) mass is 571 g/mol. The van der Waals surface area contributed by atoms with Crippen LogP contribution in [-0.2, 0) is 9.53 Å². The number of nitrogens with one attached hydrogen (secondary N) is 1. The van der Waals surface area contributed by atoms with Crippen LogP contribution in [0.15, 0.2) is 62.4 Å². The van der Waals surface area contributed by atoms with Crippen molar-refractivity contribution >= 4 is 61.4 Å². The third-order valence-electron chi connectivity index (χ3n) is 4.50. The van der Waals surface area contributed by atoms with Crippen molar-refractivity contribution in [1.29, 1.82) is 0 Å². The van der Waals surface area contributed by atoms with Crippen molar-refractivity contribution in [2.45, 2.75) is 30.8 Å². The fourth-order valence-corrected chi connectivity index (χ4v) is 4.59. The number of carboxylic acids is 1. The lowest BCUT2D eigenvalue weighted by molar-refractivity contribution is -0.131. The highest BCUT2D eigenvalue weighted by molar-refractivity contribution is 9.11. The second kappa shape index (κ2) is 12.2. The fraction of sp³-hybridized carbons (Fsp3) is 0.273. The summed E-state index contributed by atoms with van der Waals surface area (Å²) in [5, 5.41) is 22.0. The molecule has 0 radical (unpaired) electrons. The third-order valence-corrected chi connectivity index (χ3v) is 6.31. The summed E-state index contributed by atoms with van der Waals surface area (Å²) in [6, 6.07) is 10.8. The molecule has 0 aromatic heterocycles. The molecular formula is C22H23Br2NO5S. The lowest BCUT2D eigenvalue weighted by atomic mass is 9.92. The van der Waals surface area contributed by atoms with Crippen LogP contribution in [0, 0.1) is 5.92 Å². The Morgan fingerprint density at radius 3 is 2.52 bits per heavy atom. The number of ether oxygens (including phenoxy) is 1. The first-order valence-corrected chi connectivity index (χ1v) is 12.2. The first kappa shape index (κ1) is 25.3. The van der Waals surface area contributed by atoms with Gasteiger partial charge in [-0.3, -0.25) is 5.32 Å². The Morgan fingerprint density at radius 1 is 1.23 bits per heavy atom. The Kier molecular flexibility index (Phi) is 9.93. The van der Waals surface area contributed by atoms with Gasteiger partial charge in [0, 0.05) is 26.7 Å². The minimum absolute atomic E-state index is 0.0155. The van der Waals surface area contributed by atoms with E-state index in [1.807, 2.05) is 25.3 Å². The van der Waals surface area contributed by atoms with Crippen molar-refractivity contribution in [3.63, 3.8) is 0 Å². The van der Waals surface area contributed by atoms with Gasteiger partial charge < -0.3 is 14.9 Å². The topological polar surface area (TPSA) is 95.9 Å². The number of phenols is 1. The quantitative estimate of drug-likeness (QED) is 0.221. The van der Waals surface area contributed by atoms with E-state index in [4.69, 9.17) is 9.84 Å². The summed E-state index contributed by atoms with van der Waals surface area (Å²) in [6.45, 7) is 1.88. The van der Waals surface area contributed by atoms with Gasteiger partial charge in [0.2, 0.25) is 0 Å². The van der Waals surface area contributed by atoms with Crippen LogP contribution in [0.2, 0.25) is 0 Å². The molecule has 0 bridgehead atoms. The molecular weight excluding hydrogens is 550 g/mol. The van der Waals surface area contributed by atoms with E-state index in [9.17, 15) is 14.7 Å². The molecule has 2 rings (SSSR count). The van der Waals surface area contributed by atoms with E-state index < -0.39 is 18.2 Å². The van der Waals surface area contributed by atoms with E-state index in [0.29, 0.717) is 33.0 Å². The Balaban J connectivity index is 2.22. The lowest BCUT2D eigenvalue weighted by Crippen LogP contribution is -2.22. The molecule has 2 aromatic carbocycles. The summed E-state index contributed by atoms with van der Waals surface area (Å²) in [6.07, 6.45) is 4.25. The smallest absolute Gasteiger partial charge is 0.412 e. The van der Waals surface area contributed by atoms with Gasteiger partial charge in [0.15, 0.2) is 0 Å². The summed E-state index contributed by atoms with van der Waals surface area (Å²) in [4.78, 5) is 24.4. The minimum Gasteiger partial charge on any atom is -0.506 e. The number of carbonyl (C=O) groups excluding carboxylic acids is 1. The molecule has 0 spiro atoms. The van der Waals surface area contributed by atoms with E-state index in [0.717, 1.165) is 11.0 Å². The van der Waals surface area contributed by atoms with Crippen molar-refractivity contribution in [1.82, 2.24) is 0 Å². The molecule has 9 heteroatoms. The number of allylic oxidation sites excluding steroid dienone is 1. The van der Waals surface area contributed by atoms with Gasteiger partial charge in [-0.1, -0.05) is 28.9 Å². The maximum Gasteiger partial charge on any atom is 0.412 e. The highest BCUT2D eigenvalue weighted by atomic mass is 79.9. The Labute approximate surface area is 202 Å². The maximum absolute atomic E-state index is 12.6. The minimum atomic E-state index is -1.01. The molecule has 2 atom stereocenters. The normalized spacial score (nSPS) is 13.0. The molecule has 1 amide bonds. The number of hydrogen-bond donors (Lipinski definition) is 3. The summed E-state index contributed by atoms with van der Waals surface area (Å²) >= 11 is 8.32. The molecule has 0 aliphatic heterocycles. The molecule has 0 fully saturated rings. The van der Waals surface area contributed by atoms with Crippen LogP contribution in [0.1, 0.15) is 31.4 Å². The number of aliphatic carboxylic acids is 1. The van der Waals surface area contributed by atoms with Gasteiger partial charge in [-0.2, -0.15) is 0 Å². The average Bonchev–Trinajstić information content (AvgIpc) is 2.72. The van der Waals surface area contributed by atoms with Crippen molar-refractivity contribution in [3.05, 3.63) is 63.1 Å². The number of rotatable bonds is 9. The number of halogens is 2. The maximum atomic E-state index is 12.6. The van der Waals surface area contributed by atoms with Gasteiger partial charge in [-0.05, 0) is 77.3 Å². The third kappa shape index (κ3) is 7.90. The Bertz CT molecular complexity index is 950. The molecule has 0 saturated carbocycles. The highest BCUT2D eigenvalue weighted by Gasteiger charge is 2.27. The molecule has 0 aliphatic rings. The first-order chi connectivity index (χ1) is 14.7. The number of benzene rings is 2. The van der Waals surface area contributed by atoms with Crippen molar-refractivity contribution in [2.75, 3.05) is 11.6 Å². The lowest BCUT2D eigenvalue weighted by Gasteiger charge is -2.26. The molecule has 0 unspecified atom stereocenters. The van der Waals surface area contributed by atoms with E-state index in [2.05, 4.69) is 37.2 Å². The van der Waals surface area contributed by atoms with Crippen LogP contribution >= 0.6 is 43.6 Å². The summed E-state index contributed by atoms with van der Waals surface area (Å²) in [5.41, 5.74) is 1.04. The zero-order chi connectivity index (χ0) is 23.0. The average molecular weight is 573 g/mol. The predicted octanol–water partition coefficient (Wildman–Crippen LogP) is 6.99. The zero-order valence-electron chi connectivity index (χ0n) is 17.0. The SMILES string of the molecule is CSc1ccc(NC(=O)O[C@@H](c2cc(Br)cc(Br)c2O)[C@H](C)CC/C=C/C(=O)O)cc1. The fourth-order valence-electron chi connectivity index (χ4n) is 2.92. The van der Waals surface area contributed by atoms with Gasteiger partial charge in [0.1, 0.15) is 11.9 Å². The van der Waals surface area contributed by atoms with Crippen molar-refractivity contribution < 1.29 is 24.5 Å². The second-order valence-corrected chi connectivity index (χ2v) is 9.45. The van der Waals surface area contributed by atoms with E-state index in [1.165, 1.54) is 0 Å². The molecule has 0 aliphatic carbocycles. The van der Waals surface area contributed by atoms with Crippen LogP contribution < -0.4 is 5.32 Å². The summed E-state index contributed by atoms with van der Waals surface area (Å²) in [5.74, 6) is -1.23. The van der Waals surface area contributed by atoms with E-state index in [1.54, 1.807) is 42.1 Å².